The average molecular weight is 258 g/mol. The molecule has 19 heavy (non-hydrogen) atoms. The Balaban J connectivity index is 2.66. The molecule has 1 aromatic carbocycles. The van der Waals surface area contributed by atoms with Crippen molar-refractivity contribution >= 4 is 11.5 Å². The molecule has 3 N–H and O–H groups in total. The fraction of sp³-hybridized carbons (Fsp3) is 0.231. The number of rotatable bonds is 3. The molecule has 0 unspecified atom stereocenters. The summed E-state index contributed by atoms with van der Waals surface area (Å²) < 4.78 is 10.6. The van der Waals surface area contributed by atoms with Gasteiger partial charge in [-0.2, -0.15) is 5.10 Å². The number of nitrogen functional groups attached to an aromatic ring is 1. The summed E-state index contributed by atoms with van der Waals surface area (Å²) in [5, 5.41) is 6.62. The van der Waals surface area contributed by atoms with Gasteiger partial charge in [0.05, 0.1) is 26.5 Å². The van der Waals surface area contributed by atoms with Crippen LogP contribution in [-0.2, 0) is 0 Å². The number of H-pyrrole nitrogens is 1. The van der Waals surface area contributed by atoms with Gasteiger partial charge in [0.25, 0.3) is 5.69 Å². The summed E-state index contributed by atoms with van der Waals surface area (Å²) in [7, 11) is 3.17. The molecule has 0 radical (unpaired) electrons. The Morgan fingerprint density at radius 1 is 1.26 bits per heavy atom. The smallest absolute Gasteiger partial charge is 0.254 e. The van der Waals surface area contributed by atoms with Crippen LogP contribution in [0.15, 0.2) is 12.1 Å². The molecule has 0 bridgehead atoms. The normalized spacial score (nSPS) is 10.0. The van der Waals surface area contributed by atoms with Gasteiger partial charge in [-0.15, -0.1) is 0 Å². The molecule has 0 atom stereocenters. The summed E-state index contributed by atoms with van der Waals surface area (Å²) in [5.74, 6) is 1.54. The van der Waals surface area contributed by atoms with Crippen LogP contribution in [0.5, 0.6) is 11.5 Å². The van der Waals surface area contributed by atoms with Gasteiger partial charge >= 0.3 is 0 Å². The van der Waals surface area contributed by atoms with Crippen molar-refractivity contribution in [3.8, 4) is 22.8 Å². The SMILES string of the molecule is [C-]#[N+]c1c(N)n[nH]c1-c1cc(OC)c(C)c(OC)c1. The van der Waals surface area contributed by atoms with E-state index in [2.05, 4.69) is 15.0 Å². The lowest BCUT2D eigenvalue weighted by Crippen LogP contribution is -1.94. The maximum Gasteiger partial charge on any atom is 0.254 e. The first kappa shape index (κ1) is 12.8. The Bertz CT molecular complexity index is 630. The fourth-order valence-corrected chi connectivity index (χ4v) is 1.89. The van der Waals surface area contributed by atoms with E-state index in [4.69, 9.17) is 21.8 Å². The topological polar surface area (TPSA) is 77.5 Å². The third-order valence-electron chi connectivity index (χ3n) is 2.92. The first-order valence-electron chi connectivity index (χ1n) is 5.56. The summed E-state index contributed by atoms with van der Waals surface area (Å²) in [4.78, 5) is 3.39. The molecule has 0 fully saturated rings. The molecule has 0 aliphatic rings. The Labute approximate surface area is 111 Å². The molecule has 2 aromatic rings. The summed E-state index contributed by atoms with van der Waals surface area (Å²) in [6.07, 6.45) is 0. The predicted octanol–water partition coefficient (Wildman–Crippen LogP) is 2.54. The van der Waals surface area contributed by atoms with Gasteiger partial charge in [-0.25, -0.2) is 4.85 Å². The molecular weight excluding hydrogens is 244 g/mol. The summed E-state index contributed by atoms with van der Waals surface area (Å²) in [5.41, 5.74) is 8.14. The number of nitrogens with two attached hydrogens (primary N) is 1. The maximum absolute atomic E-state index is 7.15. The van der Waals surface area contributed by atoms with Crippen molar-refractivity contribution < 1.29 is 9.47 Å². The minimum Gasteiger partial charge on any atom is -0.496 e. The number of aromatic nitrogens is 2. The van der Waals surface area contributed by atoms with Crippen LogP contribution in [0.25, 0.3) is 16.1 Å². The number of aromatic amines is 1. The minimum atomic E-state index is 0.184. The summed E-state index contributed by atoms with van der Waals surface area (Å²) >= 11 is 0. The standard InChI is InChI=1S/C13H14N4O2/c1-7-9(18-3)5-8(6-10(7)19-4)11-12(15-2)13(14)17-16-11/h5-6H,1,3-4H3,(H3,14,16,17). The predicted molar refractivity (Wildman–Crippen MR) is 72.5 cm³/mol. The Kier molecular flexibility index (Phi) is 3.29. The van der Waals surface area contributed by atoms with E-state index >= 15 is 0 Å². The molecule has 0 saturated carbocycles. The first-order chi connectivity index (χ1) is 9.12. The average Bonchev–Trinajstić information content (AvgIpc) is 2.80. The molecule has 1 aromatic heterocycles. The number of ether oxygens (including phenoxy) is 2. The van der Waals surface area contributed by atoms with Crippen molar-refractivity contribution in [3.63, 3.8) is 0 Å². The minimum absolute atomic E-state index is 0.184. The zero-order valence-electron chi connectivity index (χ0n) is 10.9. The van der Waals surface area contributed by atoms with Gasteiger partial charge in [-0.3, -0.25) is 5.10 Å². The quantitative estimate of drug-likeness (QED) is 0.829. The van der Waals surface area contributed by atoms with Crippen LogP contribution in [0, 0.1) is 13.5 Å². The lowest BCUT2D eigenvalue weighted by atomic mass is 10.1. The van der Waals surface area contributed by atoms with Crippen molar-refractivity contribution in [2.75, 3.05) is 20.0 Å². The molecule has 0 aliphatic heterocycles. The van der Waals surface area contributed by atoms with Crippen LogP contribution in [0.1, 0.15) is 5.56 Å². The van der Waals surface area contributed by atoms with Gasteiger partial charge in [0.15, 0.2) is 5.82 Å². The number of hydrogen-bond donors (Lipinski definition) is 2. The van der Waals surface area contributed by atoms with E-state index in [0.717, 1.165) is 11.1 Å². The third kappa shape index (κ3) is 2.06. The van der Waals surface area contributed by atoms with E-state index < -0.39 is 0 Å². The molecule has 2 rings (SSSR count). The molecule has 6 heteroatoms. The Hall–Kier alpha value is -2.68. The fourth-order valence-electron chi connectivity index (χ4n) is 1.89. The molecule has 98 valence electrons. The molecular formula is C13H14N4O2. The maximum atomic E-state index is 7.15. The highest BCUT2D eigenvalue weighted by atomic mass is 16.5. The second kappa shape index (κ2) is 4.90. The van der Waals surface area contributed by atoms with Crippen LogP contribution in [0.4, 0.5) is 11.5 Å². The van der Waals surface area contributed by atoms with Crippen molar-refractivity contribution in [2.24, 2.45) is 0 Å². The van der Waals surface area contributed by atoms with E-state index in [1.165, 1.54) is 0 Å². The zero-order chi connectivity index (χ0) is 14.0. The van der Waals surface area contributed by atoms with E-state index in [1.54, 1.807) is 14.2 Å². The van der Waals surface area contributed by atoms with E-state index in [0.29, 0.717) is 22.9 Å². The van der Waals surface area contributed by atoms with E-state index in [9.17, 15) is 0 Å². The first-order valence-corrected chi connectivity index (χ1v) is 5.56. The zero-order valence-corrected chi connectivity index (χ0v) is 10.9. The summed E-state index contributed by atoms with van der Waals surface area (Å²) in [6, 6.07) is 3.64. The van der Waals surface area contributed by atoms with Gasteiger partial charge in [-0.05, 0) is 24.6 Å². The monoisotopic (exact) mass is 258 g/mol. The highest BCUT2D eigenvalue weighted by molar-refractivity contribution is 5.84. The highest BCUT2D eigenvalue weighted by Gasteiger charge is 2.16. The van der Waals surface area contributed by atoms with Gasteiger partial charge in [0.1, 0.15) is 11.5 Å². The van der Waals surface area contributed by atoms with Gasteiger partial charge < -0.3 is 15.2 Å². The number of methoxy groups -OCH3 is 2. The van der Waals surface area contributed by atoms with Gasteiger partial charge in [0, 0.05) is 5.56 Å². The highest BCUT2D eigenvalue weighted by Crippen LogP contribution is 2.38. The largest absolute Gasteiger partial charge is 0.496 e. The number of hydrogen-bond acceptors (Lipinski definition) is 4. The van der Waals surface area contributed by atoms with Crippen molar-refractivity contribution in [1.29, 1.82) is 0 Å². The van der Waals surface area contributed by atoms with Gasteiger partial charge in [-0.1, -0.05) is 0 Å². The second-order valence-electron chi connectivity index (χ2n) is 3.95. The lowest BCUT2D eigenvalue weighted by molar-refractivity contribution is 0.389. The van der Waals surface area contributed by atoms with Crippen molar-refractivity contribution in [3.05, 3.63) is 29.1 Å². The molecule has 0 aliphatic carbocycles. The van der Waals surface area contributed by atoms with E-state index in [1.807, 2.05) is 19.1 Å². The van der Waals surface area contributed by atoms with Crippen LogP contribution in [0.2, 0.25) is 0 Å². The van der Waals surface area contributed by atoms with E-state index in [-0.39, 0.29) is 5.82 Å². The molecule has 0 spiro atoms. The van der Waals surface area contributed by atoms with Crippen LogP contribution >= 0.6 is 0 Å². The van der Waals surface area contributed by atoms with Gasteiger partial charge in [0.2, 0.25) is 0 Å². The van der Waals surface area contributed by atoms with Crippen molar-refractivity contribution in [2.45, 2.75) is 6.92 Å². The van der Waals surface area contributed by atoms with Crippen LogP contribution in [-0.4, -0.2) is 24.4 Å². The lowest BCUT2D eigenvalue weighted by Gasteiger charge is -2.12. The Morgan fingerprint density at radius 3 is 2.32 bits per heavy atom. The molecule has 0 amide bonds. The third-order valence-corrected chi connectivity index (χ3v) is 2.92. The number of anilines is 1. The van der Waals surface area contributed by atoms with Crippen LogP contribution < -0.4 is 15.2 Å². The number of nitrogens with one attached hydrogen (secondary N) is 1. The molecule has 1 heterocycles. The number of nitrogens with zero attached hydrogens (tertiary/aromatic N) is 2. The molecule has 6 nitrogen and oxygen atoms in total. The molecule has 0 saturated heterocycles. The summed E-state index contributed by atoms with van der Waals surface area (Å²) in [6.45, 7) is 9.05. The van der Waals surface area contributed by atoms with Crippen LogP contribution in [0.3, 0.4) is 0 Å². The van der Waals surface area contributed by atoms with Crippen molar-refractivity contribution in [1.82, 2.24) is 10.2 Å². The Morgan fingerprint density at radius 2 is 1.84 bits per heavy atom. The number of benzene rings is 1. The second-order valence-corrected chi connectivity index (χ2v) is 3.95.